The van der Waals surface area contributed by atoms with Gasteiger partial charge in [0.25, 0.3) is 0 Å². The van der Waals surface area contributed by atoms with E-state index in [2.05, 4.69) is 15.9 Å². The summed E-state index contributed by atoms with van der Waals surface area (Å²) in [6, 6.07) is 10.9. The van der Waals surface area contributed by atoms with Crippen molar-refractivity contribution in [1.29, 1.82) is 0 Å². The summed E-state index contributed by atoms with van der Waals surface area (Å²) in [5.41, 5.74) is 2.51. The minimum atomic E-state index is -0.0920. The van der Waals surface area contributed by atoms with Crippen LogP contribution in [0.2, 0.25) is 0 Å². The zero-order chi connectivity index (χ0) is 15.9. The molecule has 0 unspecified atom stereocenters. The largest absolute Gasteiger partial charge is 0.507 e. The van der Waals surface area contributed by atoms with E-state index in [1.54, 1.807) is 20.0 Å². The zero-order valence-electron chi connectivity index (χ0n) is 12.3. The second-order valence-electron chi connectivity index (χ2n) is 5.20. The van der Waals surface area contributed by atoms with Gasteiger partial charge in [-0.05, 0) is 33.5 Å². The normalized spacial score (nSPS) is 11.0. The molecule has 0 fully saturated rings. The van der Waals surface area contributed by atoms with Crippen LogP contribution in [-0.4, -0.2) is 18.7 Å². The number of phenols is 1. The Morgan fingerprint density at radius 3 is 2.73 bits per heavy atom. The smallest absolute Gasteiger partial charge is 0.197 e. The third-order valence-corrected chi connectivity index (χ3v) is 4.34. The van der Waals surface area contributed by atoms with Crippen molar-refractivity contribution in [2.45, 2.75) is 13.3 Å². The number of phenolic OH excluding ortho intramolecular Hbond substituents is 1. The molecule has 0 aliphatic rings. The highest BCUT2D eigenvalue weighted by molar-refractivity contribution is 9.10. The SMILES string of the molecule is Bc1cc(C(=O)c2c(CC)oc3ccccc23)cc(Br)c1O. The van der Waals surface area contributed by atoms with Crippen LogP contribution in [0.5, 0.6) is 5.75 Å². The summed E-state index contributed by atoms with van der Waals surface area (Å²) >= 11 is 3.29. The molecule has 0 saturated carbocycles. The Balaban J connectivity index is 2.21. The molecule has 2 aromatic carbocycles. The Kier molecular flexibility index (Phi) is 3.83. The number of carbonyl (C=O) groups excluding carboxylic acids is 1. The number of carbonyl (C=O) groups is 1. The maximum Gasteiger partial charge on any atom is 0.197 e. The van der Waals surface area contributed by atoms with Crippen molar-refractivity contribution in [3.8, 4) is 5.75 Å². The molecule has 0 bridgehead atoms. The van der Waals surface area contributed by atoms with Gasteiger partial charge in [-0.1, -0.05) is 31.2 Å². The molecule has 0 aliphatic carbocycles. The first-order chi connectivity index (χ1) is 10.5. The lowest BCUT2D eigenvalue weighted by Crippen LogP contribution is -2.10. The minimum Gasteiger partial charge on any atom is -0.507 e. The molecular weight excluding hydrogens is 343 g/mol. The first-order valence-corrected chi connectivity index (χ1v) is 7.86. The molecule has 3 rings (SSSR count). The van der Waals surface area contributed by atoms with Gasteiger partial charge < -0.3 is 9.52 Å². The number of halogens is 1. The zero-order valence-corrected chi connectivity index (χ0v) is 13.9. The molecule has 0 amide bonds. The van der Waals surface area contributed by atoms with Crippen LogP contribution < -0.4 is 5.46 Å². The first-order valence-electron chi connectivity index (χ1n) is 7.07. The maximum atomic E-state index is 13.0. The minimum absolute atomic E-state index is 0.0920. The Labute approximate surface area is 137 Å². The number of para-hydroxylation sites is 1. The van der Waals surface area contributed by atoms with Gasteiger partial charge in [-0.3, -0.25) is 4.79 Å². The Morgan fingerprint density at radius 2 is 2.05 bits per heavy atom. The summed E-state index contributed by atoms with van der Waals surface area (Å²) in [7, 11) is 1.77. The second-order valence-corrected chi connectivity index (χ2v) is 6.06. The van der Waals surface area contributed by atoms with Crippen LogP contribution in [0.15, 0.2) is 45.3 Å². The number of hydrogen-bond donors (Lipinski definition) is 1. The lowest BCUT2D eigenvalue weighted by Gasteiger charge is -2.07. The highest BCUT2D eigenvalue weighted by Gasteiger charge is 2.22. The standard InChI is InChI=1S/C17H14BBrO3/c1-2-13-15(10-5-3-4-6-14(10)22-13)16(20)9-7-11(18)17(21)12(19)8-9/h3-8,21H,2,18H2,1H3. The Morgan fingerprint density at radius 1 is 1.32 bits per heavy atom. The van der Waals surface area contributed by atoms with E-state index >= 15 is 0 Å². The maximum absolute atomic E-state index is 13.0. The fourth-order valence-electron chi connectivity index (χ4n) is 2.61. The number of benzene rings is 2. The second kappa shape index (κ2) is 5.65. The van der Waals surface area contributed by atoms with Crippen LogP contribution in [0.1, 0.15) is 28.6 Å². The van der Waals surface area contributed by atoms with Crippen molar-refractivity contribution in [2.75, 3.05) is 0 Å². The molecule has 0 saturated heterocycles. The third kappa shape index (κ3) is 2.35. The highest BCUT2D eigenvalue weighted by atomic mass is 79.9. The number of ketones is 1. The van der Waals surface area contributed by atoms with E-state index in [1.165, 1.54) is 0 Å². The van der Waals surface area contributed by atoms with Crippen molar-refractivity contribution in [1.82, 2.24) is 0 Å². The quantitative estimate of drug-likeness (QED) is 0.579. The summed E-state index contributed by atoms with van der Waals surface area (Å²) < 4.78 is 6.31. The fourth-order valence-corrected chi connectivity index (χ4v) is 3.17. The molecule has 0 radical (unpaired) electrons. The van der Waals surface area contributed by atoms with Crippen LogP contribution in [0, 0.1) is 0 Å². The lowest BCUT2D eigenvalue weighted by atomic mass is 9.90. The fraction of sp³-hybridized carbons (Fsp3) is 0.118. The monoisotopic (exact) mass is 356 g/mol. The summed E-state index contributed by atoms with van der Waals surface area (Å²) in [5.74, 6) is 0.753. The van der Waals surface area contributed by atoms with Gasteiger partial charge in [0, 0.05) is 17.4 Å². The molecule has 1 heterocycles. The molecule has 110 valence electrons. The Bertz CT molecular complexity index is 860. The predicted molar refractivity (Wildman–Crippen MR) is 93.0 cm³/mol. The molecule has 3 nitrogen and oxygen atoms in total. The van der Waals surface area contributed by atoms with Gasteiger partial charge in [0.05, 0.1) is 10.0 Å². The van der Waals surface area contributed by atoms with E-state index in [0.29, 0.717) is 33.2 Å². The van der Waals surface area contributed by atoms with Crippen molar-refractivity contribution >= 4 is 46.0 Å². The molecule has 1 aromatic heterocycles. The van der Waals surface area contributed by atoms with Crippen LogP contribution in [0.4, 0.5) is 0 Å². The summed E-state index contributed by atoms with van der Waals surface area (Å²) in [5, 5.41) is 10.7. The van der Waals surface area contributed by atoms with Crippen LogP contribution in [0.3, 0.4) is 0 Å². The van der Waals surface area contributed by atoms with E-state index in [-0.39, 0.29) is 11.5 Å². The number of rotatable bonds is 3. The molecule has 0 spiro atoms. The summed E-state index contributed by atoms with van der Waals surface area (Å²) in [4.78, 5) is 13.0. The molecular formula is C17H14BBrO3. The van der Waals surface area contributed by atoms with Crippen molar-refractivity contribution in [2.24, 2.45) is 0 Å². The summed E-state index contributed by atoms with van der Waals surface area (Å²) in [6.07, 6.45) is 0.647. The number of hydrogen-bond acceptors (Lipinski definition) is 3. The van der Waals surface area contributed by atoms with E-state index in [0.717, 1.165) is 11.0 Å². The van der Waals surface area contributed by atoms with Gasteiger partial charge in [0.15, 0.2) is 5.78 Å². The van der Waals surface area contributed by atoms with Gasteiger partial charge in [-0.25, -0.2) is 0 Å². The van der Waals surface area contributed by atoms with Gasteiger partial charge >= 0.3 is 0 Å². The number of fused-ring (bicyclic) bond motifs is 1. The molecule has 0 atom stereocenters. The molecule has 5 heteroatoms. The van der Waals surface area contributed by atoms with Crippen LogP contribution in [-0.2, 0) is 6.42 Å². The number of aromatic hydroxyl groups is 1. The molecule has 0 aliphatic heterocycles. The topological polar surface area (TPSA) is 50.4 Å². The number of furan rings is 1. The highest BCUT2D eigenvalue weighted by Crippen LogP contribution is 2.30. The van der Waals surface area contributed by atoms with Crippen LogP contribution in [0.25, 0.3) is 11.0 Å². The number of aryl methyl sites for hydroxylation is 1. The summed E-state index contributed by atoms with van der Waals surface area (Å²) in [6.45, 7) is 1.96. The lowest BCUT2D eigenvalue weighted by molar-refractivity contribution is 0.103. The van der Waals surface area contributed by atoms with Gasteiger partial charge in [0.1, 0.15) is 24.9 Å². The predicted octanol–water partition coefficient (Wildman–Crippen LogP) is 2.95. The first kappa shape index (κ1) is 14.9. The third-order valence-electron chi connectivity index (χ3n) is 3.73. The average Bonchev–Trinajstić information content (AvgIpc) is 2.89. The van der Waals surface area contributed by atoms with Gasteiger partial charge in [0.2, 0.25) is 0 Å². The van der Waals surface area contributed by atoms with Crippen molar-refractivity contribution < 1.29 is 14.3 Å². The Hall–Kier alpha value is -2.01. The molecule has 1 N–H and O–H groups in total. The van der Waals surface area contributed by atoms with Crippen molar-refractivity contribution in [3.05, 3.63) is 57.8 Å². The van der Waals surface area contributed by atoms with E-state index in [9.17, 15) is 9.90 Å². The molecule has 22 heavy (non-hydrogen) atoms. The van der Waals surface area contributed by atoms with Crippen LogP contribution >= 0.6 is 15.9 Å². The van der Waals surface area contributed by atoms with E-state index in [1.807, 2.05) is 31.2 Å². The van der Waals surface area contributed by atoms with E-state index < -0.39 is 0 Å². The van der Waals surface area contributed by atoms with E-state index in [4.69, 9.17) is 4.42 Å². The van der Waals surface area contributed by atoms with Gasteiger partial charge in [-0.2, -0.15) is 0 Å². The van der Waals surface area contributed by atoms with Crippen molar-refractivity contribution in [3.63, 3.8) is 0 Å². The van der Waals surface area contributed by atoms with Gasteiger partial charge in [-0.15, -0.1) is 0 Å². The average molecular weight is 357 g/mol. The molecule has 3 aromatic rings.